The summed E-state index contributed by atoms with van der Waals surface area (Å²) in [6.07, 6.45) is 3.58. The topological polar surface area (TPSA) is 63.8 Å². The van der Waals surface area contributed by atoms with Crippen LogP contribution in [0.3, 0.4) is 0 Å². The standard InChI is InChI=1S/C13H20N4S/c1-4-5-6-8(2)15-11-10-7-9(3)18-12(10)17-13(14)16-11/h7-8H,4-6H2,1-3H3,(H3,14,15,16,17). The number of anilines is 2. The van der Waals surface area contributed by atoms with Gasteiger partial charge in [-0.1, -0.05) is 19.8 Å². The second-order valence-corrected chi connectivity index (χ2v) is 5.93. The molecule has 2 heterocycles. The van der Waals surface area contributed by atoms with Crippen LogP contribution in [0.5, 0.6) is 0 Å². The number of aromatic nitrogens is 2. The fraction of sp³-hybridized carbons (Fsp3) is 0.538. The van der Waals surface area contributed by atoms with Crippen molar-refractivity contribution in [2.24, 2.45) is 0 Å². The van der Waals surface area contributed by atoms with Crippen molar-refractivity contribution in [1.82, 2.24) is 9.97 Å². The third-order valence-corrected chi connectivity index (χ3v) is 3.85. The van der Waals surface area contributed by atoms with Crippen LogP contribution < -0.4 is 11.1 Å². The predicted octanol–water partition coefficient (Wildman–Crippen LogP) is 3.57. The molecule has 0 aromatic carbocycles. The summed E-state index contributed by atoms with van der Waals surface area (Å²) in [7, 11) is 0. The van der Waals surface area contributed by atoms with E-state index in [4.69, 9.17) is 5.73 Å². The second-order valence-electron chi connectivity index (χ2n) is 4.69. The summed E-state index contributed by atoms with van der Waals surface area (Å²) in [5, 5.41) is 4.53. The molecule has 3 N–H and O–H groups in total. The van der Waals surface area contributed by atoms with Gasteiger partial charge in [0.05, 0.1) is 5.39 Å². The molecule has 0 aliphatic rings. The molecular formula is C13H20N4S. The molecule has 0 amide bonds. The fourth-order valence-electron chi connectivity index (χ4n) is 1.98. The first kappa shape index (κ1) is 13.1. The van der Waals surface area contributed by atoms with Gasteiger partial charge in [0.1, 0.15) is 10.6 Å². The van der Waals surface area contributed by atoms with E-state index in [-0.39, 0.29) is 0 Å². The smallest absolute Gasteiger partial charge is 0.223 e. The molecule has 0 radical (unpaired) electrons. The largest absolute Gasteiger partial charge is 0.368 e. The van der Waals surface area contributed by atoms with Crippen molar-refractivity contribution >= 4 is 33.3 Å². The Morgan fingerprint density at radius 3 is 2.94 bits per heavy atom. The van der Waals surface area contributed by atoms with Crippen molar-refractivity contribution in [2.45, 2.75) is 46.1 Å². The van der Waals surface area contributed by atoms with Crippen LogP contribution in [-0.4, -0.2) is 16.0 Å². The van der Waals surface area contributed by atoms with Gasteiger partial charge in [0.2, 0.25) is 5.95 Å². The Labute approximate surface area is 112 Å². The fourth-order valence-corrected chi connectivity index (χ4v) is 2.87. The van der Waals surface area contributed by atoms with E-state index in [2.05, 4.69) is 42.1 Å². The Bertz CT molecular complexity index is 535. The number of nitrogens with zero attached hydrogens (tertiary/aromatic N) is 2. The molecule has 0 saturated carbocycles. The van der Waals surface area contributed by atoms with E-state index in [0.717, 1.165) is 22.5 Å². The Balaban J connectivity index is 2.26. The molecule has 2 aromatic heterocycles. The summed E-state index contributed by atoms with van der Waals surface area (Å²) in [6.45, 7) is 6.46. The van der Waals surface area contributed by atoms with Gasteiger partial charge in [0.25, 0.3) is 0 Å². The number of hydrogen-bond donors (Lipinski definition) is 2. The normalized spacial score (nSPS) is 12.8. The first-order valence-electron chi connectivity index (χ1n) is 6.40. The quantitative estimate of drug-likeness (QED) is 0.866. The zero-order valence-electron chi connectivity index (χ0n) is 11.2. The van der Waals surface area contributed by atoms with Crippen molar-refractivity contribution < 1.29 is 0 Å². The highest BCUT2D eigenvalue weighted by molar-refractivity contribution is 7.18. The lowest BCUT2D eigenvalue weighted by Gasteiger charge is -2.14. The average molecular weight is 264 g/mol. The minimum Gasteiger partial charge on any atom is -0.368 e. The van der Waals surface area contributed by atoms with Crippen LogP contribution in [0.4, 0.5) is 11.8 Å². The van der Waals surface area contributed by atoms with Crippen molar-refractivity contribution in [2.75, 3.05) is 11.1 Å². The van der Waals surface area contributed by atoms with E-state index >= 15 is 0 Å². The molecule has 2 aromatic rings. The number of nitrogens with one attached hydrogen (secondary N) is 1. The predicted molar refractivity (Wildman–Crippen MR) is 79.2 cm³/mol. The molecule has 1 atom stereocenters. The van der Waals surface area contributed by atoms with Crippen molar-refractivity contribution in [1.29, 1.82) is 0 Å². The summed E-state index contributed by atoms with van der Waals surface area (Å²) in [5.41, 5.74) is 5.75. The molecule has 98 valence electrons. The molecule has 0 spiro atoms. The van der Waals surface area contributed by atoms with Gasteiger partial charge in [0, 0.05) is 10.9 Å². The third-order valence-electron chi connectivity index (χ3n) is 2.91. The van der Waals surface area contributed by atoms with Crippen LogP contribution in [0.2, 0.25) is 0 Å². The number of aryl methyl sites for hydroxylation is 1. The molecule has 1 unspecified atom stereocenters. The van der Waals surface area contributed by atoms with E-state index in [1.165, 1.54) is 17.7 Å². The van der Waals surface area contributed by atoms with E-state index in [1.54, 1.807) is 11.3 Å². The molecule has 0 fully saturated rings. The van der Waals surface area contributed by atoms with Gasteiger partial charge in [-0.3, -0.25) is 0 Å². The maximum Gasteiger partial charge on any atom is 0.223 e. The molecule has 4 nitrogen and oxygen atoms in total. The maximum absolute atomic E-state index is 5.75. The Morgan fingerprint density at radius 1 is 1.44 bits per heavy atom. The SMILES string of the molecule is CCCCC(C)Nc1nc(N)nc2sc(C)cc12. The average Bonchev–Trinajstić information content (AvgIpc) is 2.67. The number of fused-ring (bicyclic) bond motifs is 1. The highest BCUT2D eigenvalue weighted by Crippen LogP contribution is 2.29. The van der Waals surface area contributed by atoms with Crippen molar-refractivity contribution in [3.8, 4) is 0 Å². The summed E-state index contributed by atoms with van der Waals surface area (Å²) in [4.78, 5) is 10.8. The van der Waals surface area contributed by atoms with Crippen LogP contribution in [0.25, 0.3) is 10.2 Å². The van der Waals surface area contributed by atoms with Gasteiger partial charge < -0.3 is 11.1 Å². The lowest BCUT2D eigenvalue weighted by atomic mass is 10.1. The number of unbranched alkanes of at least 4 members (excludes halogenated alkanes) is 1. The Hall–Kier alpha value is -1.36. The Kier molecular flexibility index (Phi) is 4.01. The van der Waals surface area contributed by atoms with Crippen molar-refractivity contribution in [3.63, 3.8) is 0 Å². The van der Waals surface area contributed by atoms with Gasteiger partial charge in [-0.25, -0.2) is 4.98 Å². The minimum atomic E-state index is 0.342. The lowest BCUT2D eigenvalue weighted by molar-refractivity contribution is 0.644. The number of nitrogen functional groups attached to an aromatic ring is 1. The van der Waals surface area contributed by atoms with E-state index in [0.29, 0.717) is 12.0 Å². The van der Waals surface area contributed by atoms with Gasteiger partial charge in [-0.2, -0.15) is 4.98 Å². The summed E-state index contributed by atoms with van der Waals surface area (Å²) < 4.78 is 0. The van der Waals surface area contributed by atoms with Gasteiger partial charge >= 0.3 is 0 Å². The third kappa shape index (κ3) is 2.90. The van der Waals surface area contributed by atoms with Crippen molar-refractivity contribution in [3.05, 3.63) is 10.9 Å². The minimum absolute atomic E-state index is 0.342. The zero-order chi connectivity index (χ0) is 13.1. The summed E-state index contributed by atoms with van der Waals surface area (Å²) in [5.74, 6) is 1.21. The van der Waals surface area contributed by atoms with Crippen LogP contribution in [0.15, 0.2) is 6.07 Å². The molecule has 2 rings (SSSR count). The summed E-state index contributed by atoms with van der Waals surface area (Å²) >= 11 is 1.65. The first-order valence-corrected chi connectivity index (χ1v) is 7.22. The van der Waals surface area contributed by atoms with E-state index < -0.39 is 0 Å². The number of nitrogens with two attached hydrogens (primary N) is 1. The van der Waals surface area contributed by atoms with Crippen LogP contribution in [-0.2, 0) is 0 Å². The summed E-state index contributed by atoms with van der Waals surface area (Å²) in [6, 6.07) is 2.52. The van der Waals surface area contributed by atoms with Gasteiger partial charge in [-0.15, -0.1) is 11.3 Å². The Morgan fingerprint density at radius 2 is 2.22 bits per heavy atom. The molecule has 0 aliphatic heterocycles. The zero-order valence-corrected chi connectivity index (χ0v) is 12.0. The van der Waals surface area contributed by atoms with Crippen LogP contribution >= 0.6 is 11.3 Å². The number of thiophene rings is 1. The first-order chi connectivity index (χ1) is 8.60. The van der Waals surface area contributed by atoms with Gasteiger partial charge in [-0.05, 0) is 26.3 Å². The molecule has 0 saturated heterocycles. The number of hydrogen-bond acceptors (Lipinski definition) is 5. The molecule has 0 bridgehead atoms. The number of rotatable bonds is 5. The molecule has 0 aliphatic carbocycles. The molecule has 5 heteroatoms. The van der Waals surface area contributed by atoms with E-state index in [1.807, 2.05) is 0 Å². The van der Waals surface area contributed by atoms with Gasteiger partial charge in [0.15, 0.2) is 0 Å². The highest BCUT2D eigenvalue weighted by Gasteiger charge is 2.11. The van der Waals surface area contributed by atoms with E-state index in [9.17, 15) is 0 Å². The monoisotopic (exact) mass is 264 g/mol. The van der Waals surface area contributed by atoms with Crippen LogP contribution in [0, 0.1) is 6.92 Å². The highest BCUT2D eigenvalue weighted by atomic mass is 32.1. The molecule has 18 heavy (non-hydrogen) atoms. The molecular weight excluding hydrogens is 244 g/mol. The van der Waals surface area contributed by atoms with Crippen LogP contribution in [0.1, 0.15) is 38.0 Å². The maximum atomic E-state index is 5.75. The lowest BCUT2D eigenvalue weighted by Crippen LogP contribution is -2.16. The second kappa shape index (κ2) is 5.52.